The number of carbonyl (C=O) groups is 1. The smallest absolute Gasteiger partial charge is 0.229 e. The first-order valence-electron chi connectivity index (χ1n) is 10.0. The van der Waals surface area contributed by atoms with Crippen molar-refractivity contribution in [3.63, 3.8) is 0 Å². The molecular weight excluding hydrogens is 402 g/mol. The second kappa shape index (κ2) is 9.07. The Hall–Kier alpha value is -3.55. The second-order valence-corrected chi connectivity index (χ2v) is 7.38. The van der Waals surface area contributed by atoms with Gasteiger partial charge in [0.1, 0.15) is 5.75 Å². The van der Waals surface area contributed by atoms with Gasteiger partial charge in [-0.05, 0) is 49.2 Å². The van der Waals surface area contributed by atoms with Gasteiger partial charge in [0.15, 0.2) is 17.5 Å². The van der Waals surface area contributed by atoms with Crippen molar-refractivity contribution in [2.24, 2.45) is 5.92 Å². The zero-order chi connectivity index (χ0) is 21.8. The van der Waals surface area contributed by atoms with Crippen molar-refractivity contribution in [3.05, 3.63) is 66.2 Å². The maximum Gasteiger partial charge on any atom is 0.229 e. The molecule has 160 valence electrons. The molecule has 1 fully saturated rings. The summed E-state index contributed by atoms with van der Waals surface area (Å²) in [6.45, 7) is 1.23. The van der Waals surface area contributed by atoms with E-state index >= 15 is 0 Å². The third-order valence-electron chi connectivity index (χ3n) is 5.34. The average Bonchev–Trinajstić information content (AvgIpc) is 2.81. The lowest BCUT2D eigenvalue weighted by molar-refractivity contribution is -0.120. The van der Waals surface area contributed by atoms with Gasteiger partial charge >= 0.3 is 0 Å². The molecule has 1 atom stereocenters. The van der Waals surface area contributed by atoms with Gasteiger partial charge in [-0.1, -0.05) is 12.1 Å². The minimum atomic E-state index is -0.992. The quantitative estimate of drug-likeness (QED) is 0.662. The van der Waals surface area contributed by atoms with Crippen LogP contribution in [-0.2, 0) is 4.79 Å². The number of ether oxygens (including phenoxy) is 1. The number of carbonyl (C=O) groups excluding carboxylic acids is 1. The molecule has 1 N–H and O–H groups in total. The maximum atomic E-state index is 13.4. The summed E-state index contributed by atoms with van der Waals surface area (Å²) in [6, 6.07) is 14.7. The Labute approximate surface area is 178 Å². The Balaban J connectivity index is 1.44. The van der Waals surface area contributed by atoms with Crippen LogP contribution in [0.15, 0.2) is 54.6 Å². The third kappa shape index (κ3) is 4.63. The van der Waals surface area contributed by atoms with Gasteiger partial charge < -0.3 is 15.0 Å². The van der Waals surface area contributed by atoms with Crippen LogP contribution in [0.5, 0.6) is 5.75 Å². The molecule has 6 nitrogen and oxygen atoms in total. The zero-order valence-electron chi connectivity index (χ0n) is 17.0. The van der Waals surface area contributed by atoms with Crippen LogP contribution in [0.25, 0.3) is 11.3 Å². The largest absolute Gasteiger partial charge is 0.496 e. The van der Waals surface area contributed by atoms with E-state index in [4.69, 9.17) is 4.74 Å². The van der Waals surface area contributed by atoms with Crippen LogP contribution in [0.4, 0.5) is 20.3 Å². The minimum absolute atomic E-state index is 0.227. The molecule has 1 unspecified atom stereocenters. The Kier molecular flexibility index (Phi) is 6.06. The van der Waals surface area contributed by atoms with E-state index in [9.17, 15) is 13.6 Å². The van der Waals surface area contributed by atoms with Crippen molar-refractivity contribution in [1.82, 2.24) is 10.2 Å². The lowest BCUT2D eigenvalue weighted by atomic mass is 9.97. The second-order valence-electron chi connectivity index (χ2n) is 7.38. The molecule has 1 aliphatic rings. The molecule has 31 heavy (non-hydrogen) atoms. The lowest BCUT2D eigenvalue weighted by Gasteiger charge is -2.32. The predicted molar refractivity (Wildman–Crippen MR) is 114 cm³/mol. The molecule has 0 saturated carbocycles. The average molecular weight is 424 g/mol. The number of rotatable bonds is 5. The van der Waals surface area contributed by atoms with Gasteiger partial charge in [0.25, 0.3) is 0 Å². The molecule has 0 aliphatic carbocycles. The van der Waals surface area contributed by atoms with Crippen LogP contribution in [0, 0.1) is 17.6 Å². The summed E-state index contributed by atoms with van der Waals surface area (Å²) in [4.78, 5) is 14.7. The number of piperidine rings is 1. The molecule has 1 aromatic heterocycles. The molecule has 2 heterocycles. The Morgan fingerprint density at radius 3 is 2.68 bits per heavy atom. The first kappa shape index (κ1) is 20.7. The standard InChI is InChI=1S/C23H22F2N4O2/c1-31-21-7-3-2-6-17(21)20-10-11-22(28-27-20)29-12-4-5-15(14-29)23(30)26-16-8-9-18(24)19(25)13-16/h2-3,6-11,13,15H,4-5,12,14H2,1H3,(H,26,30). The summed E-state index contributed by atoms with van der Waals surface area (Å²) in [7, 11) is 1.61. The van der Waals surface area contributed by atoms with E-state index < -0.39 is 11.6 Å². The number of benzene rings is 2. The zero-order valence-corrected chi connectivity index (χ0v) is 17.0. The molecule has 4 rings (SSSR count). The van der Waals surface area contributed by atoms with Crippen molar-refractivity contribution >= 4 is 17.4 Å². The van der Waals surface area contributed by atoms with Crippen molar-refractivity contribution < 1.29 is 18.3 Å². The summed E-state index contributed by atoms with van der Waals surface area (Å²) in [6.07, 6.45) is 1.52. The third-order valence-corrected chi connectivity index (χ3v) is 5.34. The Morgan fingerprint density at radius 1 is 1.10 bits per heavy atom. The van der Waals surface area contributed by atoms with Crippen LogP contribution in [0.1, 0.15) is 12.8 Å². The predicted octanol–water partition coefficient (Wildman–Crippen LogP) is 4.29. The number of halogens is 2. The molecule has 8 heteroatoms. The van der Waals surface area contributed by atoms with Crippen molar-refractivity contribution in [2.45, 2.75) is 12.8 Å². The number of amides is 1. The van der Waals surface area contributed by atoms with Crippen LogP contribution in [-0.4, -0.2) is 36.3 Å². The van der Waals surface area contributed by atoms with E-state index in [2.05, 4.69) is 15.5 Å². The van der Waals surface area contributed by atoms with E-state index in [1.807, 2.05) is 41.3 Å². The van der Waals surface area contributed by atoms with Crippen molar-refractivity contribution in [1.29, 1.82) is 0 Å². The Bertz CT molecular complexity index is 1080. The Morgan fingerprint density at radius 2 is 1.94 bits per heavy atom. The van der Waals surface area contributed by atoms with Gasteiger partial charge in [0.2, 0.25) is 5.91 Å². The molecule has 0 bridgehead atoms. The number of anilines is 2. The van der Waals surface area contributed by atoms with Crippen molar-refractivity contribution in [2.75, 3.05) is 30.4 Å². The molecular formula is C23H22F2N4O2. The number of hydrogen-bond donors (Lipinski definition) is 1. The fourth-order valence-corrected chi connectivity index (χ4v) is 3.71. The van der Waals surface area contributed by atoms with Gasteiger partial charge in [-0.25, -0.2) is 8.78 Å². The summed E-state index contributed by atoms with van der Waals surface area (Å²) in [5.41, 5.74) is 1.79. The highest BCUT2D eigenvalue weighted by atomic mass is 19.2. The van der Waals surface area contributed by atoms with Crippen LogP contribution in [0.3, 0.4) is 0 Å². The number of methoxy groups -OCH3 is 1. The molecule has 0 radical (unpaired) electrons. The van der Waals surface area contributed by atoms with Crippen LogP contribution >= 0.6 is 0 Å². The van der Waals surface area contributed by atoms with E-state index in [1.165, 1.54) is 6.07 Å². The minimum Gasteiger partial charge on any atom is -0.496 e. The van der Waals surface area contributed by atoms with Gasteiger partial charge in [-0.3, -0.25) is 4.79 Å². The first-order chi connectivity index (χ1) is 15.0. The molecule has 1 saturated heterocycles. The number of nitrogens with zero attached hydrogens (tertiary/aromatic N) is 3. The monoisotopic (exact) mass is 424 g/mol. The van der Waals surface area contributed by atoms with E-state index in [-0.39, 0.29) is 17.5 Å². The number of aromatic nitrogens is 2. The van der Waals surface area contributed by atoms with Gasteiger partial charge in [0, 0.05) is 30.4 Å². The molecule has 2 aromatic carbocycles. The van der Waals surface area contributed by atoms with Gasteiger partial charge in [0.05, 0.1) is 18.7 Å². The highest BCUT2D eigenvalue weighted by molar-refractivity contribution is 5.93. The first-order valence-corrected chi connectivity index (χ1v) is 10.0. The topological polar surface area (TPSA) is 67.3 Å². The molecule has 3 aromatic rings. The van der Waals surface area contributed by atoms with Gasteiger partial charge in [-0.15, -0.1) is 10.2 Å². The fraction of sp³-hybridized carbons (Fsp3) is 0.261. The van der Waals surface area contributed by atoms with E-state index in [1.54, 1.807) is 7.11 Å². The normalized spacial score (nSPS) is 16.1. The maximum absolute atomic E-state index is 13.4. The summed E-state index contributed by atoms with van der Waals surface area (Å²) in [5.74, 6) is -1.06. The van der Waals surface area contributed by atoms with Gasteiger partial charge in [-0.2, -0.15) is 0 Å². The molecule has 1 aliphatic heterocycles. The number of para-hydroxylation sites is 1. The summed E-state index contributed by atoms with van der Waals surface area (Å²) >= 11 is 0. The highest BCUT2D eigenvalue weighted by Gasteiger charge is 2.27. The summed E-state index contributed by atoms with van der Waals surface area (Å²) in [5, 5.41) is 11.4. The van der Waals surface area contributed by atoms with E-state index in [0.717, 1.165) is 36.4 Å². The highest BCUT2D eigenvalue weighted by Crippen LogP contribution is 2.29. The molecule has 0 spiro atoms. The molecule has 1 amide bonds. The van der Waals surface area contributed by atoms with Crippen LogP contribution in [0.2, 0.25) is 0 Å². The number of hydrogen-bond acceptors (Lipinski definition) is 5. The fourth-order valence-electron chi connectivity index (χ4n) is 3.71. The lowest BCUT2D eigenvalue weighted by Crippen LogP contribution is -2.41. The summed E-state index contributed by atoms with van der Waals surface area (Å²) < 4.78 is 31.9. The van der Waals surface area contributed by atoms with E-state index in [0.29, 0.717) is 24.5 Å². The number of nitrogens with one attached hydrogen (secondary N) is 1. The SMILES string of the molecule is COc1ccccc1-c1ccc(N2CCCC(C(=O)Nc3ccc(F)c(F)c3)C2)nn1. The van der Waals surface area contributed by atoms with Crippen LogP contribution < -0.4 is 15.0 Å². The van der Waals surface area contributed by atoms with Crippen molar-refractivity contribution in [3.8, 4) is 17.0 Å².